The lowest BCUT2D eigenvalue weighted by molar-refractivity contribution is 0.0481. The zero-order valence-corrected chi connectivity index (χ0v) is 10.9. The van der Waals surface area contributed by atoms with Gasteiger partial charge in [-0.15, -0.1) is 0 Å². The highest BCUT2D eigenvalue weighted by atomic mass is 16.5. The summed E-state index contributed by atoms with van der Waals surface area (Å²) in [5.74, 6) is -0.309. The second-order valence-electron chi connectivity index (χ2n) is 4.46. The van der Waals surface area contributed by atoms with Crippen LogP contribution in [-0.2, 0) is 4.74 Å². The van der Waals surface area contributed by atoms with Gasteiger partial charge in [-0.3, -0.25) is 0 Å². The van der Waals surface area contributed by atoms with Crippen LogP contribution in [-0.4, -0.2) is 38.1 Å². The Morgan fingerprint density at radius 1 is 1.29 bits per heavy atom. The maximum atomic E-state index is 11.8. The summed E-state index contributed by atoms with van der Waals surface area (Å²) < 4.78 is 5.18. The molecule has 94 valence electrons. The van der Waals surface area contributed by atoms with Crippen molar-refractivity contribution in [2.45, 2.75) is 13.8 Å². The van der Waals surface area contributed by atoms with E-state index in [1.54, 1.807) is 6.07 Å². The van der Waals surface area contributed by atoms with Gasteiger partial charge >= 0.3 is 5.97 Å². The molecule has 4 heteroatoms. The molecule has 2 N–H and O–H groups in total. The molecule has 0 atom stereocenters. The molecule has 1 rings (SSSR count). The Hall–Kier alpha value is -1.55. The normalized spacial score (nSPS) is 10.6. The zero-order valence-electron chi connectivity index (χ0n) is 10.9. The first kappa shape index (κ1) is 13.5. The lowest BCUT2D eigenvalue weighted by Gasteiger charge is -2.12. The molecule has 0 aliphatic heterocycles. The van der Waals surface area contributed by atoms with Crippen LogP contribution >= 0.6 is 0 Å². The highest BCUT2D eigenvalue weighted by molar-refractivity contribution is 5.92. The van der Waals surface area contributed by atoms with Crippen molar-refractivity contribution in [1.29, 1.82) is 0 Å². The molecule has 0 heterocycles. The summed E-state index contributed by atoms with van der Waals surface area (Å²) in [6.45, 7) is 4.91. The molecule has 0 saturated carbocycles. The van der Waals surface area contributed by atoms with Crippen LogP contribution in [0, 0.1) is 13.8 Å². The molecule has 0 aliphatic rings. The van der Waals surface area contributed by atoms with Crippen molar-refractivity contribution >= 4 is 11.7 Å². The number of nitrogens with zero attached hydrogens (tertiary/aromatic N) is 1. The number of carbonyl (C=O) groups excluding carboxylic acids is 1. The summed E-state index contributed by atoms with van der Waals surface area (Å²) in [4.78, 5) is 13.8. The van der Waals surface area contributed by atoms with Crippen LogP contribution in [0.3, 0.4) is 0 Å². The predicted octanol–water partition coefficient (Wildman–Crippen LogP) is 1.60. The van der Waals surface area contributed by atoms with E-state index in [-0.39, 0.29) is 5.97 Å². The van der Waals surface area contributed by atoms with E-state index in [2.05, 4.69) is 0 Å². The Balaban J connectivity index is 2.72. The van der Waals surface area contributed by atoms with Gasteiger partial charge in [-0.2, -0.15) is 0 Å². The molecule has 4 nitrogen and oxygen atoms in total. The molecule has 0 aromatic heterocycles. The molecule has 1 aromatic rings. The molecule has 0 amide bonds. The summed E-state index contributed by atoms with van der Waals surface area (Å²) >= 11 is 0. The summed E-state index contributed by atoms with van der Waals surface area (Å²) in [7, 11) is 3.87. The number of rotatable bonds is 4. The highest BCUT2D eigenvalue weighted by Gasteiger charge is 2.12. The molecular formula is C13H20N2O2. The minimum Gasteiger partial charge on any atom is -0.461 e. The number of benzene rings is 1. The number of esters is 1. The van der Waals surface area contributed by atoms with Crippen LogP contribution < -0.4 is 5.73 Å². The quantitative estimate of drug-likeness (QED) is 0.637. The van der Waals surface area contributed by atoms with Crippen LogP contribution in [0.4, 0.5) is 5.69 Å². The molecular weight excluding hydrogens is 216 g/mol. The SMILES string of the molecule is Cc1cc(C)c(C(=O)OCCN(C)C)cc1N. The van der Waals surface area contributed by atoms with E-state index in [0.29, 0.717) is 24.4 Å². The van der Waals surface area contributed by atoms with Crippen LogP contribution in [0.2, 0.25) is 0 Å². The van der Waals surface area contributed by atoms with Crippen molar-refractivity contribution in [1.82, 2.24) is 4.90 Å². The Morgan fingerprint density at radius 2 is 1.94 bits per heavy atom. The number of anilines is 1. The van der Waals surface area contributed by atoms with Gasteiger partial charge in [0.05, 0.1) is 5.56 Å². The van der Waals surface area contributed by atoms with Gasteiger partial charge in [0.2, 0.25) is 0 Å². The van der Waals surface area contributed by atoms with E-state index in [1.807, 2.05) is 38.9 Å². The standard InChI is InChI=1S/C13H20N2O2/c1-9-7-10(2)12(14)8-11(9)13(16)17-6-5-15(3)4/h7-8H,5-6,14H2,1-4H3. The summed E-state index contributed by atoms with van der Waals surface area (Å²) in [6, 6.07) is 3.58. The number of nitrogen functional groups attached to an aromatic ring is 1. The largest absolute Gasteiger partial charge is 0.461 e. The van der Waals surface area contributed by atoms with Crippen LogP contribution in [0.1, 0.15) is 21.5 Å². The third-order valence-corrected chi connectivity index (χ3v) is 2.60. The van der Waals surface area contributed by atoms with Crippen molar-refractivity contribution in [3.05, 3.63) is 28.8 Å². The minimum atomic E-state index is -0.309. The molecule has 0 spiro atoms. The molecule has 0 radical (unpaired) electrons. The number of likely N-dealkylation sites (N-methyl/N-ethyl adjacent to an activating group) is 1. The summed E-state index contributed by atoms with van der Waals surface area (Å²) in [5, 5.41) is 0. The third-order valence-electron chi connectivity index (χ3n) is 2.60. The van der Waals surface area contributed by atoms with E-state index in [4.69, 9.17) is 10.5 Å². The number of ether oxygens (including phenoxy) is 1. The van der Waals surface area contributed by atoms with E-state index < -0.39 is 0 Å². The molecule has 0 fully saturated rings. The molecule has 17 heavy (non-hydrogen) atoms. The van der Waals surface area contributed by atoms with E-state index >= 15 is 0 Å². The van der Waals surface area contributed by atoms with E-state index in [0.717, 1.165) is 11.1 Å². The summed E-state index contributed by atoms with van der Waals surface area (Å²) in [5.41, 5.74) is 8.83. The number of carbonyl (C=O) groups is 1. The third kappa shape index (κ3) is 3.75. The minimum absolute atomic E-state index is 0.309. The molecule has 1 aromatic carbocycles. The average molecular weight is 236 g/mol. The lowest BCUT2D eigenvalue weighted by Crippen LogP contribution is -2.20. The van der Waals surface area contributed by atoms with Crippen LogP contribution in [0.15, 0.2) is 12.1 Å². The first-order chi connectivity index (χ1) is 7.91. The van der Waals surface area contributed by atoms with Crippen molar-refractivity contribution in [3.8, 4) is 0 Å². The van der Waals surface area contributed by atoms with Gasteiger partial charge in [0.25, 0.3) is 0 Å². The first-order valence-corrected chi connectivity index (χ1v) is 5.60. The fourth-order valence-corrected chi connectivity index (χ4v) is 1.49. The molecule has 0 aliphatic carbocycles. The average Bonchev–Trinajstić information content (AvgIpc) is 2.22. The predicted molar refractivity (Wildman–Crippen MR) is 69.2 cm³/mol. The molecule has 0 bridgehead atoms. The van der Waals surface area contributed by atoms with Gasteiger partial charge in [-0.05, 0) is 45.1 Å². The van der Waals surface area contributed by atoms with Crippen molar-refractivity contribution in [2.75, 3.05) is 33.0 Å². The Bertz CT molecular complexity index is 414. The monoisotopic (exact) mass is 236 g/mol. The topological polar surface area (TPSA) is 55.6 Å². The van der Waals surface area contributed by atoms with E-state index in [1.165, 1.54) is 0 Å². The lowest BCUT2D eigenvalue weighted by atomic mass is 10.0. The fraction of sp³-hybridized carbons (Fsp3) is 0.462. The smallest absolute Gasteiger partial charge is 0.338 e. The number of aryl methyl sites for hydroxylation is 2. The highest BCUT2D eigenvalue weighted by Crippen LogP contribution is 2.18. The zero-order chi connectivity index (χ0) is 13.0. The van der Waals surface area contributed by atoms with Crippen LogP contribution in [0.25, 0.3) is 0 Å². The second-order valence-corrected chi connectivity index (χ2v) is 4.46. The number of nitrogens with two attached hydrogens (primary N) is 1. The molecule has 0 saturated heterocycles. The van der Waals surface area contributed by atoms with Gasteiger partial charge in [-0.1, -0.05) is 6.07 Å². The van der Waals surface area contributed by atoms with Crippen molar-refractivity contribution < 1.29 is 9.53 Å². The maximum absolute atomic E-state index is 11.8. The fourth-order valence-electron chi connectivity index (χ4n) is 1.49. The van der Waals surface area contributed by atoms with Crippen molar-refractivity contribution in [2.24, 2.45) is 0 Å². The van der Waals surface area contributed by atoms with Gasteiger partial charge in [-0.25, -0.2) is 4.79 Å². The van der Waals surface area contributed by atoms with Gasteiger partial charge in [0.1, 0.15) is 6.61 Å². The Labute approximate surface area is 102 Å². The maximum Gasteiger partial charge on any atom is 0.338 e. The van der Waals surface area contributed by atoms with Gasteiger partial charge in [0.15, 0.2) is 0 Å². The number of hydrogen-bond donors (Lipinski definition) is 1. The first-order valence-electron chi connectivity index (χ1n) is 5.60. The Morgan fingerprint density at radius 3 is 2.53 bits per heavy atom. The van der Waals surface area contributed by atoms with E-state index in [9.17, 15) is 4.79 Å². The second kappa shape index (κ2) is 5.68. The van der Waals surface area contributed by atoms with Crippen molar-refractivity contribution in [3.63, 3.8) is 0 Å². The van der Waals surface area contributed by atoms with Crippen LogP contribution in [0.5, 0.6) is 0 Å². The van der Waals surface area contributed by atoms with Gasteiger partial charge in [0, 0.05) is 12.2 Å². The molecule has 0 unspecified atom stereocenters. The number of hydrogen-bond acceptors (Lipinski definition) is 4. The summed E-state index contributed by atoms with van der Waals surface area (Å²) in [6.07, 6.45) is 0. The van der Waals surface area contributed by atoms with Gasteiger partial charge < -0.3 is 15.4 Å². The Kier molecular flexibility index (Phi) is 4.52.